The number of nitrogens with one attached hydrogen (secondary N) is 1. The van der Waals surface area contributed by atoms with Crippen LogP contribution < -0.4 is 5.32 Å². The summed E-state index contributed by atoms with van der Waals surface area (Å²) in [5, 5.41) is 2.87. The van der Waals surface area contributed by atoms with E-state index in [1.54, 1.807) is 12.3 Å². The molecule has 3 heterocycles. The number of amides is 2. The second-order valence-corrected chi connectivity index (χ2v) is 7.39. The van der Waals surface area contributed by atoms with Crippen LogP contribution in [0.4, 0.5) is 0 Å². The van der Waals surface area contributed by atoms with Crippen molar-refractivity contribution in [3.05, 3.63) is 77.8 Å². The number of pyridine rings is 1. The predicted molar refractivity (Wildman–Crippen MR) is 119 cm³/mol. The van der Waals surface area contributed by atoms with E-state index in [0.717, 1.165) is 24.4 Å². The number of furan rings is 1. The molecule has 164 valence electrons. The first-order valence-corrected chi connectivity index (χ1v) is 10.8. The number of hydrogen-bond donors (Lipinski definition) is 1. The van der Waals surface area contributed by atoms with Crippen LogP contribution in [0.25, 0.3) is 0 Å². The van der Waals surface area contributed by atoms with Gasteiger partial charge < -0.3 is 19.2 Å². The first kappa shape index (κ1) is 22.3. The summed E-state index contributed by atoms with van der Waals surface area (Å²) < 4.78 is 7.82. The lowest BCUT2D eigenvalue weighted by atomic mass is 10.2. The van der Waals surface area contributed by atoms with Crippen LogP contribution in [0.1, 0.15) is 54.4 Å². The molecule has 0 fully saturated rings. The molecular weight excluding hydrogens is 392 g/mol. The largest absolute Gasteiger partial charge is 0.454 e. The molecule has 3 rings (SSSR count). The molecule has 0 saturated heterocycles. The molecule has 0 radical (unpaired) electrons. The monoisotopic (exact) mass is 422 g/mol. The number of hydrogen-bond acceptors (Lipinski definition) is 4. The molecule has 2 amide bonds. The van der Waals surface area contributed by atoms with Crippen LogP contribution in [-0.2, 0) is 24.3 Å². The van der Waals surface area contributed by atoms with E-state index in [9.17, 15) is 9.59 Å². The Kier molecular flexibility index (Phi) is 8.04. The summed E-state index contributed by atoms with van der Waals surface area (Å²) in [6.45, 7) is 6.25. The van der Waals surface area contributed by atoms with Gasteiger partial charge in [-0.25, -0.2) is 0 Å². The maximum absolute atomic E-state index is 12.4. The Morgan fingerprint density at radius 1 is 1.13 bits per heavy atom. The number of nitrogens with zero attached hydrogens (tertiary/aromatic N) is 3. The standard InChI is InChI=1S/C24H30N4O3/c1-3-15-28(23(29)4-2)17-20-9-7-16-27(20)18-21-10-11-22(31-21)24(30)26-14-12-19-8-5-6-13-25-19/h5-11,13,16H,3-4,12,14-15,17-18H2,1-2H3,(H,26,30). The van der Waals surface area contributed by atoms with Gasteiger partial charge in [0.1, 0.15) is 5.76 Å². The van der Waals surface area contributed by atoms with Crippen molar-refractivity contribution >= 4 is 11.8 Å². The number of carbonyl (C=O) groups excluding carboxylic acids is 2. The first-order valence-electron chi connectivity index (χ1n) is 10.8. The molecule has 0 atom stereocenters. The quantitative estimate of drug-likeness (QED) is 0.512. The van der Waals surface area contributed by atoms with Gasteiger partial charge in [0.15, 0.2) is 5.76 Å². The minimum atomic E-state index is -0.238. The molecule has 31 heavy (non-hydrogen) atoms. The van der Waals surface area contributed by atoms with E-state index in [1.807, 2.05) is 59.0 Å². The summed E-state index contributed by atoms with van der Waals surface area (Å²) in [7, 11) is 0. The van der Waals surface area contributed by atoms with Gasteiger partial charge in [0, 0.05) is 49.7 Å². The third kappa shape index (κ3) is 6.31. The van der Waals surface area contributed by atoms with Gasteiger partial charge in [-0.1, -0.05) is 19.9 Å². The van der Waals surface area contributed by atoms with Crippen LogP contribution >= 0.6 is 0 Å². The summed E-state index contributed by atoms with van der Waals surface area (Å²) in [5.41, 5.74) is 1.97. The van der Waals surface area contributed by atoms with Crippen molar-refractivity contribution in [3.8, 4) is 0 Å². The SMILES string of the molecule is CCCN(Cc1cccn1Cc1ccc(C(=O)NCCc2ccccn2)o1)C(=O)CC. The summed E-state index contributed by atoms with van der Waals surface area (Å²) in [4.78, 5) is 30.7. The van der Waals surface area contributed by atoms with Gasteiger partial charge in [-0.3, -0.25) is 14.6 Å². The maximum atomic E-state index is 12.4. The van der Waals surface area contributed by atoms with Crippen molar-refractivity contribution in [3.63, 3.8) is 0 Å². The molecular formula is C24H30N4O3. The lowest BCUT2D eigenvalue weighted by molar-refractivity contribution is -0.131. The Morgan fingerprint density at radius 2 is 2.00 bits per heavy atom. The summed E-state index contributed by atoms with van der Waals surface area (Å²) in [5.74, 6) is 0.893. The Bertz CT molecular complexity index is 978. The van der Waals surface area contributed by atoms with Crippen LogP contribution in [0.5, 0.6) is 0 Å². The molecule has 3 aromatic heterocycles. The van der Waals surface area contributed by atoms with Crippen LogP contribution in [-0.4, -0.2) is 39.4 Å². The first-order chi connectivity index (χ1) is 15.1. The van der Waals surface area contributed by atoms with Gasteiger partial charge in [0.05, 0.1) is 13.1 Å². The second kappa shape index (κ2) is 11.2. The highest BCUT2D eigenvalue weighted by molar-refractivity contribution is 5.91. The molecule has 0 aromatic carbocycles. The molecule has 0 aliphatic carbocycles. The summed E-state index contributed by atoms with van der Waals surface area (Å²) >= 11 is 0. The Hall–Kier alpha value is -3.35. The molecule has 3 aromatic rings. The molecule has 0 aliphatic rings. The average molecular weight is 423 g/mol. The van der Waals surface area contributed by atoms with E-state index in [4.69, 9.17) is 4.42 Å². The minimum Gasteiger partial charge on any atom is -0.454 e. The third-order valence-corrected chi connectivity index (χ3v) is 5.03. The van der Waals surface area contributed by atoms with Crippen LogP contribution in [0.3, 0.4) is 0 Å². The van der Waals surface area contributed by atoms with Gasteiger partial charge in [-0.2, -0.15) is 0 Å². The minimum absolute atomic E-state index is 0.150. The highest BCUT2D eigenvalue weighted by atomic mass is 16.4. The van der Waals surface area contributed by atoms with Crippen LogP contribution in [0.2, 0.25) is 0 Å². The van der Waals surface area contributed by atoms with Crippen molar-refractivity contribution < 1.29 is 14.0 Å². The fourth-order valence-corrected chi connectivity index (χ4v) is 3.42. The smallest absolute Gasteiger partial charge is 0.287 e. The fraction of sp³-hybridized carbons (Fsp3) is 0.375. The maximum Gasteiger partial charge on any atom is 0.287 e. The molecule has 0 unspecified atom stereocenters. The number of carbonyl (C=O) groups is 2. The Labute approximate surface area is 183 Å². The van der Waals surface area contributed by atoms with Crippen LogP contribution in [0, 0.1) is 0 Å². The van der Waals surface area contributed by atoms with Crippen molar-refractivity contribution in [2.75, 3.05) is 13.1 Å². The van der Waals surface area contributed by atoms with Crippen LogP contribution in [0.15, 0.2) is 59.3 Å². The van der Waals surface area contributed by atoms with Gasteiger partial charge in [-0.15, -0.1) is 0 Å². The summed E-state index contributed by atoms with van der Waals surface area (Å²) in [6.07, 6.45) is 5.79. The van der Waals surface area contributed by atoms with E-state index in [0.29, 0.717) is 44.0 Å². The molecule has 0 bridgehead atoms. The fourth-order valence-electron chi connectivity index (χ4n) is 3.42. The number of aromatic nitrogens is 2. The molecule has 0 saturated carbocycles. The van der Waals surface area contributed by atoms with E-state index in [1.165, 1.54) is 0 Å². The lowest BCUT2D eigenvalue weighted by Crippen LogP contribution is -2.31. The van der Waals surface area contributed by atoms with E-state index >= 15 is 0 Å². The van der Waals surface area contributed by atoms with Crippen molar-refractivity contribution in [1.82, 2.24) is 19.8 Å². The van der Waals surface area contributed by atoms with Gasteiger partial charge in [0.25, 0.3) is 5.91 Å². The molecule has 0 aliphatic heterocycles. The van der Waals surface area contributed by atoms with E-state index < -0.39 is 0 Å². The van der Waals surface area contributed by atoms with Gasteiger partial charge in [-0.05, 0) is 42.8 Å². The van der Waals surface area contributed by atoms with Crippen molar-refractivity contribution in [2.45, 2.75) is 46.2 Å². The Morgan fingerprint density at radius 3 is 2.74 bits per heavy atom. The van der Waals surface area contributed by atoms with E-state index in [-0.39, 0.29) is 11.8 Å². The van der Waals surface area contributed by atoms with Gasteiger partial charge >= 0.3 is 0 Å². The molecule has 7 heteroatoms. The van der Waals surface area contributed by atoms with Crippen molar-refractivity contribution in [1.29, 1.82) is 0 Å². The average Bonchev–Trinajstić information content (AvgIpc) is 3.43. The zero-order valence-corrected chi connectivity index (χ0v) is 18.2. The zero-order chi connectivity index (χ0) is 22.1. The third-order valence-electron chi connectivity index (χ3n) is 5.03. The molecule has 7 nitrogen and oxygen atoms in total. The zero-order valence-electron chi connectivity index (χ0n) is 18.2. The highest BCUT2D eigenvalue weighted by Crippen LogP contribution is 2.14. The van der Waals surface area contributed by atoms with E-state index in [2.05, 4.69) is 17.2 Å². The molecule has 0 spiro atoms. The number of rotatable bonds is 11. The van der Waals surface area contributed by atoms with Gasteiger partial charge in [0.2, 0.25) is 5.91 Å². The van der Waals surface area contributed by atoms with Crippen molar-refractivity contribution in [2.24, 2.45) is 0 Å². The predicted octanol–water partition coefficient (Wildman–Crippen LogP) is 3.65. The highest BCUT2D eigenvalue weighted by Gasteiger charge is 2.15. The topological polar surface area (TPSA) is 80.4 Å². The summed E-state index contributed by atoms with van der Waals surface area (Å²) in [6, 6.07) is 13.2. The normalized spacial score (nSPS) is 10.8. The molecule has 1 N–H and O–H groups in total. The lowest BCUT2D eigenvalue weighted by Gasteiger charge is -2.22. The second-order valence-electron chi connectivity index (χ2n) is 7.39. The Balaban J connectivity index is 1.56.